The van der Waals surface area contributed by atoms with Crippen molar-refractivity contribution in [3.8, 4) is 0 Å². The van der Waals surface area contributed by atoms with Gasteiger partial charge in [-0.05, 0) is 20.3 Å². The van der Waals surface area contributed by atoms with E-state index in [9.17, 15) is 0 Å². The molecule has 0 bridgehead atoms. The van der Waals surface area contributed by atoms with E-state index in [0.717, 1.165) is 24.6 Å². The van der Waals surface area contributed by atoms with Gasteiger partial charge in [0.25, 0.3) is 0 Å². The van der Waals surface area contributed by atoms with Crippen LogP contribution < -0.4 is 5.73 Å². The molecule has 0 aromatic carbocycles. The van der Waals surface area contributed by atoms with Crippen molar-refractivity contribution in [3.63, 3.8) is 0 Å². The molecule has 2 heterocycles. The lowest BCUT2D eigenvalue weighted by Crippen LogP contribution is -2.49. The molecule has 0 aliphatic carbocycles. The molecule has 1 aliphatic heterocycles. The summed E-state index contributed by atoms with van der Waals surface area (Å²) in [7, 11) is 0. The Morgan fingerprint density at radius 1 is 1.32 bits per heavy atom. The van der Waals surface area contributed by atoms with Crippen molar-refractivity contribution in [3.05, 3.63) is 16.1 Å². The second-order valence-corrected chi connectivity index (χ2v) is 6.42. The average molecular weight is 282 g/mol. The van der Waals surface area contributed by atoms with E-state index in [0.29, 0.717) is 6.04 Å². The Morgan fingerprint density at radius 2 is 2.00 bits per heavy atom. The summed E-state index contributed by atoms with van der Waals surface area (Å²) in [5.74, 6) is 0. The molecule has 108 valence electrons. The Labute approximate surface area is 120 Å². The molecule has 2 unspecified atom stereocenters. The van der Waals surface area contributed by atoms with E-state index in [4.69, 9.17) is 5.73 Å². The molecule has 0 spiro atoms. The molecular weight excluding hydrogens is 256 g/mol. The summed E-state index contributed by atoms with van der Waals surface area (Å²) in [4.78, 5) is 9.70. The van der Waals surface area contributed by atoms with Crippen LogP contribution in [0.15, 0.2) is 5.38 Å². The van der Waals surface area contributed by atoms with E-state index in [-0.39, 0.29) is 6.04 Å². The second kappa shape index (κ2) is 6.79. The van der Waals surface area contributed by atoms with Gasteiger partial charge in [0, 0.05) is 44.1 Å². The van der Waals surface area contributed by atoms with Crippen molar-refractivity contribution in [1.82, 2.24) is 14.8 Å². The van der Waals surface area contributed by atoms with Crippen molar-refractivity contribution >= 4 is 11.3 Å². The molecule has 0 amide bonds. The number of nitrogens with zero attached hydrogens (tertiary/aromatic N) is 3. The zero-order valence-corrected chi connectivity index (χ0v) is 13.1. The Balaban J connectivity index is 1.81. The maximum Gasteiger partial charge on any atom is 0.109 e. The van der Waals surface area contributed by atoms with Crippen molar-refractivity contribution in [1.29, 1.82) is 0 Å². The zero-order valence-electron chi connectivity index (χ0n) is 12.3. The molecule has 2 N–H and O–H groups in total. The fraction of sp³-hybridized carbons (Fsp3) is 0.786. The highest BCUT2D eigenvalue weighted by atomic mass is 32.1. The van der Waals surface area contributed by atoms with Crippen LogP contribution in [-0.2, 0) is 6.54 Å². The van der Waals surface area contributed by atoms with Crippen LogP contribution in [0.2, 0.25) is 0 Å². The van der Waals surface area contributed by atoms with Crippen molar-refractivity contribution in [2.45, 2.75) is 45.8 Å². The molecule has 0 saturated carbocycles. The first-order valence-corrected chi connectivity index (χ1v) is 8.14. The van der Waals surface area contributed by atoms with Gasteiger partial charge in [0.15, 0.2) is 0 Å². The third-order valence-corrected chi connectivity index (χ3v) is 5.06. The van der Waals surface area contributed by atoms with Gasteiger partial charge in [-0.15, -0.1) is 11.3 Å². The highest BCUT2D eigenvalue weighted by molar-refractivity contribution is 7.09. The predicted molar refractivity (Wildman–Crippen MR) is 81.3 cm³/mol. The molecule has 0 radical (unpaired) electrons. The Hall–Kier alpha value is -0.490. The number of aromatic nitrogens is 1. The summed E-state index contributed by atoms with van der Waals surface area (Å²) in [5, 5.41) is 3.20. The largest absolute Gasteiger partial charge is 0.322 e. The lowest BCUT2D eigenvalue weighted by atomic mass is 10.2. The number of nitrogens with two attached hydrogens (primary N) is 1. The van der Waals surface area contributed by atoms with Crippen LogP contribution in [0.4, 0.5) is 0 Å². The van der Waals surface area contributed by atoms with Crippen LogP contribution in [0.25, 0.3) is 0 Å². The molecule has 2 rings (SSSR count). The van der Waals surface area contributed by atoms with Crippen LogP contribution in [0.1, 0.15) is 43.9 Å². The predicted octanol–water partition coefficient (Wildman–Crippen LogP) is 2.08. The molecule has 19 heavy (non-hydrogen) atoms. The SMILES string of the molecule is CCC(C)N1CCN(Cc2csc(C(C)N)n2)CC1. The van der Waals surface area contributed by atoms with Crippen LogP contribution in [0, 0.1) is 0 Å². The van der Waals surface area contributed by atoms with Gasteiger partial charge in [0.05, 0.1) is 11.7 Å². The maximum absolute atomic E-state index is 5.85. The van der Waals surface area contributed by atoms with Gasteiger partial charge >= 0.3 is 0 Å². The van der Waals surface area contributed by atoms with Crippen molar-refractivity contribution < 1.29 is 0 Å². The number of rotatable bonds is 5. The molecule has 4 nitrogen and oxygen atoms in total. The first-order valence-electron chi connectivity index (χ1n) is 7.26. The molecule has 2 atom stereocenters. The summed E-state index contributed by atoms with van der Waals surface area (Å²) in [6.45, 7) is 12.2. The van der Waals surface area contributed by atoms with Crippen LogP contribution in [-0.4, -0.2) is 47.0 Å². The van der Waals surface area contributed by atoms with Crippen molar-refractivity contribution in [2.24, 2.45) is 5.73 Å². The second-order valence-electron chi connectivity index (χ2n) is 5.54. The number of hydrogen-bond donors (Lipinski definition) is 1. The van der Waals surface area contributed by atoms with E-state index < -0.39 is 0 Å². The molecule has 5 heteroatoms. The van der Waals surface area contributed by atoms with Crippen molar-refractivity contribution in [2.75, 3.05) is 26.2 Å². The molecule has 1 saturated heterocycles. The monoisotopic (exact) mass is 282 g/mol. The summed E-state index contributed by atoms with van der Waals surface area (Å²) < 4.78 is 0. The van der Waals surface area contributed by atoms with Gasteiger partial charge in [0.1, 0.15) is 5.01 Å². The topological polar surface area (TPSA) is 45.4 Å². The van der Waals surface area contributed by atoms with Gasteiger partial charge in [-0.1, -0.05) is 6.92 Å². The van der Waals surface area contributed by atoms with Crippen LogP contribution in [0.3, 0.4) is 0 Å². The zero-order chi connectivity index (χ0) is 13.8. The van der Waals surface area contributed by atoms with Crippen LogP contribution in [0.5, 0.6) is 0 Å². The Bertz CT molecular complexity index is 383. The lowest BCUT2D eigenvalue weighted by Gasteiger charge is -2.37. The molecule has 1 aliphatic rings. The lowest BCUT2D eigenvalue weighted by molar-refractivity contribution is 0.0957. The molecule has 1 aromatic rings. The highest BCUT2D eigenvalue weighted by Crippen LogP contribution is 2.18. The number of piperazine rings is 1. The van der Waals surface area contributed by atoms with Crippen LogP contribution >= 0.6 is 11.3 Å². The van der Waals surface area contributed by atoms with E-state index in [1.165, 1.54) is 25.2 Å². The Morgan fingerprint density at radius 3 is 2.53 bits per heavy atom. The normalized spacial score (nSPS) is 21.5. The van der Waals surface area contributed by atoms with E-state index >= 15 is 0 Å². The summed E-state index contributed by atoms with van der Waals surface area (Å²) >= 11 is 1.68. The summed E-state index contributed by atoms with van der Waals surface area (Å²) in [6, 6.07) is 0.770. The van der Waals surface area contributed by atoms with E-state index in [2.05, 4.69) is 34.0 Å². The van der Waals surface area contributed by atoms with Gasteiger partial charge in [-0.25, -0.2) is 4.98 Å². The first kappa shape index (κ1) is 14.9. The van der Waals surface area contributed by atoms with Gasteiger partial charge in [-0.3, -0.25) is 9.80 Å². The number of thiazole rings is 1. The smallest absolute Gasteiger partial charge is 0.109 e. The summed E-state index contributed by atoms with van der Waals surface area (Å²) in [6.07, 6.45) is 1.24. The fourth-order valence-electron chi connectivity index (χ4n) is 2.45. The first-order chi connectivity index (χ1) is 9.10. The minimum absolute atomic E-state index is 0.0565. The quantitative estimate of drug-likeness (QED) is 0.898. The van der Waals surface area contributed by atoms with E-state index in [1.54, 1.807) is 11.3 Å². The van der Waals surface area contributed by atoms with Gasteiger partial charge in [0.2, 0.25) is 0 Å². The Kier molecular flexibility index (Phi) is 5.33. The molecule has 1 fully saturated rings. The summed E-state index contributed by atoms with van der Waals surface area (Å²) in [5.41, 5.74) is 7.03. The number of hydrogen-bond acceptors (Lipinski definition) is 5. The highest BCUT2D eigenvalue weighted by Gasteiger charge is 2.20. The molecular formula is C14H26N4S. The van der Waals surface area contributed by atoms with Gasteiger partial charge in [-0.2, -0.15) is 0 Å². The fourth-order valence-corrected chi connectivity index (χ4v) is 3.22. The average Bonchev–Trinajstić information content (AvgIpc) is 2.87. The minimum atomic E-state index is 0.0565. The van der Waals surface area contributed by atoms with E-state index in [1.807, 2.05) is 6.92 Å². The minimum Gasteiger partial charge on any atom is -0.322 e. The standard InChI is InChI=1S/C14H26N4S/c1-4-11(2)18-7-5-17(6-8-18)9-13-10-19-14(16-13)12(3)15/h10-12H,4-9,15H2,1-3H3. The third-order valence-electron chi connectivity index (χ3n) is 3.97. The van der Waals surface area contributed by atoms with Gasteiger partial charge < -0.3 is 5.73 Å². The third kappa shape index (κ3) is 3.99. The maximum atomic E-state index is 5.85. The molecule has 1 aromatic heterocycles.